The van der Waals surface area contributed by atoms with Gasteiger partial charge in [0.15, 0.2) is 0 Å². The van der Waals surface area contributed by atoms with Crippen molar-refractivity contribution >= 4 is 28.8 Å². The summed E-state index contributed by atoms with van der Waals surface area (Å²) in [6, 6.07) is 4.33. The van der Waals surface area contributed by atoms with Crippen molar-refractivity contribution in [3.05, 3.63) is 29.8 Å². The molecule has 7 heteroatoms. The summed E-state index contributed by atoms with van der Waals surface area (Å²) in [6.07, 6.45) is -4.64. The third-order valence-corrected chi connectivity index (χ3v) is 1.95. The summed E-state index contributed by atoms with van der Waals surface area (Å²) in [7, 11) is 0. The predicted molar refractivity (Wildman–Crippen MR) is 61.5 cm³/mol. The van der Waals surface area contributed by atoms with E-state index in [1.165, 1.54) is 12.1 Å². The lowest BCUT2D eigenvalue weighted by molar-refractivity contribution is -0.137. The van der Waals surface area contributed by atoms with Crippen molar-refractivity contribution < 1.29 is 18.0 Å². The zero-order valence-corrected chi connectivity index (χ0v) is 9.36. The zero-order valence-electron chi connectivity index (χ0n) is 8.54. The number of carbonyl (C=O) groups is 1. The fourth-order valence-corrected chi connectivity index (χ4v) is 1.27. The van der Waals surface area contributed by atoms with Gasteiger partial charge >= 0.3 is 6.18 Å². The van der Waals surface area contributed by atoms with Crippen LogP contribution in [-0.2, 0) is 11.0 Å². The highest BCUT2D eigenvalue weighted by Gasteiger charge is 2.30. The molecule has 0 saturated carbocycles. The molecule has 3 nitrogen and oxygen atoms in total. The van der Waals surface area contributed by atoms with Crippen LogP contribution in [0.15, 0.2) is 24.3 Å². The number of alkyl halides is 3. The Morgan fingerprint density at radius 1 is 1.41 bits per heavy atom. The monoisotopic (exact) mass is 262 g/mol. The maximum Gasteiger partial charge on any atom is 0.416 e. The second kappa shape index (κ2) is 5.13. The first kappa shape index (κ1) is 13.4. The Hall–Kier alpha value is -1.63. The number of carbonyl (C=O) groups excluding carboxylic acids is 1. The van der Waals surface area contributed by atoms with E-state index in [4.69, 9.17) is 5.73 Å². The molecule has 1 rings (SSSR count). The first-order valence-corrected chi connectivity index (χ1v) is 4.95. The van der Waals surface area contributed by atoms with Crippen molar-refractivity contribution in [2.75, 3.05) is 5.32 Å². The number of anilines is 1. The van der Waals surface area contributed by atoms with Gasteiger partial charge in [-0.05, 0) is 18.2 Å². The molecule has 1 amide bonds. The quantitative estimate of drug-likeness (QED) is 0.822. The van der Waals surface area contributed by atoms with E-state index in [1.54, 1.807) is 0 Å². The van der Waals surface area contributed by atoms with Gasteiger partial charge in [-0.2, -0.15) is 13.2 Å². The van der Waals surface area contributed by atoms with E-state index in [0.29, 0.717) is 0 Å². The Balaban J connectivity index is 2.79. The molecule has 1 aromatic rings. The summed E-state index contributed by atoms with van der Waals surface area (Å²) in [5.41, 5.74) is 4.37. The van der Waals surface area contributed by atoms with Crippen LogP contribution in [0.4, 0.5) is 18.9 Å². The third kappa shape index (κ3) is 4.39. The lowest BCUT2D eigenvalue weighted by atomic mass is 10.2. The third-order valence-electron chi connectivity index (χ3n) is 1.81. The molecule has 0 fully saturated rings. The zero-order chi connectivity index (χ0) is 13.1. The number of hydrogen-bond donors (Lipinski definition) is 2. The minimum Gasteiger partial charge on any atom is -0.393 e. The van der Waals surface area contributed by atoms with Gasteiger partial charge in [-0.3, -0.25) is 4.79 Å². The number of benzene rings is 1. The first-order valence-electron chi connectivity index (χ1n) is 4.54. The fraction of sp³-hybridized carbons (Fsp3) is 0.200. The molecule has 0 saturated heterocycles. The standard InChI is InChI=1S/C10H9F3N2OS/c11-10(12,13)6-2-1-3-7(4-6)15-9(16)5-8(14)17/h1-4H,5H2,(H2,14,17)(H,15,16). The van der Waals surface area contributed by atoms with Crippen LogP contribution in [0.5, 0.6) is 0 Å². The highest BCUT2D eigenvalue weighted by Crippen LogP contribution is 2.30. The van der Waals surface area contributed by atoms with Crippen LogP contribution in [0.3, 0.4) is 0 Å². The molecule has 0 spiro atoms. The average Bonchev–Trinajstić information content (AvgIpc) is 2.15. The Kier molecular flexibility index (Phi) is 4.06. The van der Waals surface area contributed by atoms with Crippen LogP contribution in [0.1, 0.15) is 12.0 Å². The van der Waals surface area contributed by atoms with Gasteiger partial charge < -0.3 is 11.1 Å². The molecular formula is C10H9F3N2OS. The SMILES string of the molecule is NC(=S)CC(=O)Nc1cccc(C(F)(F)F)c1. The van der Waals surface area contributed by atoms with Crippen molar-refractivity contribution in [1.29, 1.82) is 0 Å². The first-order chi connectivity index (χ1) is 7.79. The van der Waals surface area contributed by atoms with E-state index in [9.17, 15) is 18.0 Å². The van der Waals surface area contributed by atoms with E-state index < -0.39 is 17.6 Å². The molecule has 0 radical (unpaired) electrons. The second-order valence-electron chi connectivity index (χ2n) is 3.27. The van der Waals surface area contributed by atoms with E-state index in [-0.39, 0.29) is 17.1 Å². The van der Waals surface area contributed by atoms with Gasteiger partial charge in [0.1, 0.15) is 0 Å². The van der Waals surface area contributed by atoms with E-state index in [0.717, 1.165) is 12.1 Å². The minimum absolute atomic E-state index is 0.0190. The molecule has 0 aromatic heterocycles. The Morgan fingerprint density at radius 3 is 2.59 bits per heavy atom. The molecule has 0 bridgehead atoms. The summed E-state index contributed by atoms with van der Waals surface area (Å²) in [5.74, 6) is -0.545. The Labute approximate surface area is 101 Å². The van der Waals surface area contributed by atoms with Gasteiger partial charge in [-0.25, -0.2) is 0 Å². The summed E-state index contributed by atoms with van der Waals surface area (Å²) >= 11 is 4.51. The van der Waals surface area contributed by atoms with Crippen LogP contribution >= 0.6 is 12.2 Å². The highest BCUT2D eigenvalue weighted by atomic mass is 32.1. The average molecular weight is 262 g/mol. The number of halogens is 3. The predicted octanol–water partition coefficient (Wildman–Crippen LogP) is 2.32. The molecule has 0 heterocycles. The van der Waals surface area contributed by atoms with Crippen molar-refractivity contribution in [1.82, 2.24) is 0 Å². The van der Waals surface area contributed by atoms with Crippen molar-refractivity contribution in [3.63, 3.8) is 0 Å². The molecule has 0 unspecified atom stereocenters. The van der Waals surface area contributed by atoms with E-state index in [1.807, 2.05) is 0 Å². The Bertz CT molecular complexity index is 445. The summed E-state index contributed by atoms with van der Waals surface area (Å²) in [6.45, 7) is 0. The lowest BCUT2D eigenvalue weighted by Crippen LogP contribution is -2.20. The van der Waals surface area contributed by atoms with Crippen LogP contribution in [-0.4, -0.2) is 10.9 Å². The fourth-order valence-electron chi connectivity index (χ4n) is 1.14. The summed E-state index contributed by atoms with van der Waals surface area (Å²) in [4.78, 5) is 11.2. The normalized spacial score (nSPS) is 11.0. The van der Waals surface area contributed by atoms with Crippen LogP contribution < -0.4 is 11.1 Å². The molecule has 3 N–H and O–H groups in total. The van der Waals surface area contributed by atoms with Gasteiger partial charge in [0.25, 0.3) is 0 Å². The molecule has 0 aliphatic heterocycles. The van der Waals surface area contributed by atoms with Crippen molar-refractivity contribution in [2.24, 2.45) is 5.73 Å². The number of hydrogen-bond acceptors (Lipinski definition) is 2. The molecule has 1 aromatic carbocycles. The largest absolute Gasteiger partial charge is 0.416 e. The minimum atomic E-state index is -4.44. The second-order valence-corrected chi connectivity index (χ2v) is 3.79. The van der Waals surface area contributed by atoms with Gasteiger partial charge in [0.2, 0.25) is 5.91 Å². The molecule has 92 valence electrons. The number of nitrogens with two attached hydrogens (primary N) is 1. The van der Waals surface area contributed by atoms with Gasteiger partial charge in [0, 0.05) is 5.69 Å². The van der Waals surface area contributed by atoms with Gasteiger partial charge in [0.05, 0.1) is 17.0 Å². The molecular weight excluding hydrogens is 253 g/mol. The Morgan fingerprint density at radius 2 is 2.06 bits per heavy atom. The van der Waals surface area contributed by atoms with Crippen LogP contribution in [0.2, 0.25) is 0 Å². The summed E-state index contributed by atoms with van der Waals surface area (Å²) in [5, 5.41) is 2.28. The topological polar surface area (TPSA) is 55.1 Å². The highest BCUT2D eigenvalue weighted by molar-refractivity contribution is 7.80. The maximum atomic E-state index is 12.4. The number of rotatable bonds is 3. The van der Waals surface area contributed by atoms with Gasteiger partial charge in [-0.1, -0.05) is 18.3 Å². The number of thiocarbonyl (C=S) groups is 1. The molecule has 0 atom stereocenters. The molecule has 0 aliphatic carbocycles. The smallest absolute Gasteiger partial charge is 0.393 e. The van der Waals surface area contributed by atoms with E-state index >= 15 is 0 Å². The molecule has 17 heavy (non-hydrogen) atoms. The van der Waals surface area contributed by atoms with E-state index in [2.05, 4.69) is 17.5 Å². The summed E-state index contributed by atoms with van der Waals surface area (Å²) < 4.78 is 37.1. The number of amides is 1. The van der Waals surface area contributed by atoms with Gasteiger partial charge in [-0.15, -0.1) is 0 Å². The van der Waals surface area contributed by atoms with Crippen molar-refractivity contribution in [3.8, 4) is 0 Å². The number of nitrogens with one attached hydrogen (secondary N) is 1. The van der Waals surface area contributed by atoms with Crippen molar-refractivity contribution in [2.45, 2.75) is 12.6 Å². The van der Waals surface area contributed by atoms with Crippen LogP contribution in [0.25, 0.3) is 0 Å². The maximum absolute atomic E-state index is 12.4. The molecule has 0 aliphatic rings. The lowest BCUT2D eigenvalue weighted by Gasteiger charge is -2.09. The van der Waals surface area contributed by atoms with Crippen LogP contribution in [0, 0.1) is 0 Å².